The molecule has 10 heteroatoms. The maximum Gasteiger partial charge on any atom is 0.406 e. The Morgan fingerprint density at radius 2 is 1.96 bits per heavy atom. The van der Waals surface area contributed by atoms with Crippen LogP contribution in [-0.2, 0) is 16.2 Å². The van der Waals surface area contributed by atoms with Crippen LogP contribution in [-0.4, -0.2) is 43.1 Å². The smallest absolute Gasteiger partial charge is 0.406 e. The van der Waals surface area contributed by atoms with E-state index in [9.17, 15) is 18.0 Å². The number of halogens is 3. The molecule has 0 atom stereocenters. The van der Waals surface area contributed by atoms with Crippen LogP contribution in [0.3, 0.4) is 0 Å². The molecule has 0 unspecified atom stereocenters. The van der Waals surface area contributed by atoms with Gasteiger partial charge in [-0.05, 0) is 36.4 Å². The SMILES string of the molecule is COc1ccc(C(N)=NOCC(=O)N(Cc2ccco2)CC(F)(F)F)cc1. The first kappa shape index (κ1) is 20.1. The van der Waals surface area contributed by atoms with Gasteiger partial charge in [-0.25, -0.2) is 0 Å². The second-order valence-electron chi connectivity index (χ2n) is 5.42. The topological polar surface area (TPSA) is 90.3 Å². The van der Waals surface area contributed by atoms with Gasteiger partial charge in [0.15, 0.2) is 12.4 Å². The van der Waals surface area contributed by atoms with Crippen molar-refractivity contribution in [3.05, 3.63) is 54.0 Å². The number of benzene rings is 1. The van der Waals surface area contributed by atoms with Crippen molar-refractivity contribution in [3.8, 4) is 5.75 Å². The first-order chi connectivity index (χ1) is 12.8. The Bertz CT molecular complexity index is 759. The van der Waals surface area contributed by atoms with E-state index in [2.05, 4.69) is 5.16 Å². The van der Waals surface area contributed by atoms with Crippen LogP contribution in [0.4, 0.5) is 13.2 Å². The highest BCUT2D eigenvalue weighted by Crippen LogP contribution is 2.18. The van der Waals surface area contributed by atoms with E-state index >= 15 is 0 Å². The first-order valence-corrected chi connectivity index (χ1v) is 7.75. The predicted octanol–water partition coefficient (Wildman–Crippen LogP) is 2.52. The zero-order valence-electron chi connectivity index (χ0n) is 14.4. The van der Waals surface area contributed by atoms with Gasteiger partial charge in [0, 0.05) is 5.56 Å². The number of amides is 1. The van der Waals surface area contributed by atoms with E-state index in [4.69, 9.17) is 19.7 Å². The minimum absolute atomic E-state index is 0.0288. The van der Waals surface area contributed by atoms with Gasteiger partial charge in [-0.3, -0.25) is 4.79 Å². The number of hydrogen-bond donors (Lipinski definition) is 1. The van der Waals surface area contributed by atoms with Crippen molar-refractivity contribution < 1.29 is 32.0 Å². The van der Waals surface area contributed by atoms with Crippen molar-refractivity contribution in [1.29, 1.82) is 0 Å². The fourth-order valence-electron chi connectivity index (χ4n) is 2.10. The number of alkyl halides is 3. The predicted molar refractivity (Wildman–Crippen MR) is 89.9 cm³/mol. The molecule has 146 valence electrons. The van der Waals surface area contributed by atoms with Gasteiger partial charge < -0.3 is 24.6 Å². The molecule has 27 heavy (non-hydrogen) atoms. The number of amidine groups is 1. The van der Waals surface area contributed by atoms with Crippen LogP contribution in [0.25, 0.3) is 0 Å². The highest BCUT2D eigenvalue weighted by atomic mass is 19.4. The highest BCUT2D eigenvalue weighted by molar-refractivity contribution is 5.97. The lowest BCUT2D eigenvalue weighted by molar-refractivity contribution is -0.165. The van der Waals surface area contributed by atoms with E-state index in [1.165, 1.54) is 25.5 Å². The highest BCUT2D eigenvalue weighted by Gasteiger charge is 2.33. The van der Waals surface area contributed by atoms with Crippen molar-refractivity contribution in [3.63, 3.8) is 0 Å². The molecule has 2 rings (SSSR count). The van der Waals surface area contributed by atoms with E-state index < -0.39 is 25.2 Å². The molecule has 7 nitrogen and oxygen atoms in total. The number of furan rings is 1. The molecular formula is C17H18F3N3O4. The minimum atomic E-state index is -4.56. The van der Waals surface area contributed by atoms with Gasteiger partial charge in [-0.1, -0.05) is 5.16 Å². The second-order valence-corrected chi connectivity index (χ2v) is 5.42. The molecule has 0 fully saturated rings. The number of hydrogen-bond acceptors (Lipinski definition) is 5. The average molecular weight is 385 g/mol. The molecule has 0 aliphatic rings. The minimum Gasteiger partial charge on any atom is -0.497 e. The summed E-state index contributed by atoms with van der Waals surface area (Å²) in [5, 5.41) is 3.57. The number of carbonyl (C=O) groups excluding carboxylic acids is 1. The molecular weight excluding hydrogens is 367 g/mol. The van der Waals surface area contributed by atoms with Gasteiger partial charge in [-0.15, -0.1) is 0 Å². The lowest BCUT2D eigenvalue weighted by Crippen LogP contribution is -2.40. The number of carbonyl (C=O) groups is 1. The van der Waals surface area contributed by atoms with Crippen molar-refractivity contribution in [1.82, 2.24) is 4.90 Å². The summed E-state index contributed by atoms with van der Waals surface area (Å²) >= 11 is 0. The summed E-state index contributed by atoms with van der Waals surface area (Å²) in [6.07, 6.45) is -3.25. The summed E-state index contributed by atoms with van der Waals surface area (Å²) < 4.78 is 48.1. The Morgan fingerprint density at radius 3 is 2.52 bits per heavy atom. The standard InChI is InChI=1S/C17H18F3N3O4/c1-25-13-6-4-12(5-7-13)16(21)22-27-10-15(24)23(11-17(18,19)20)9-14-3-2-8-26-14/h2-8H,9-11H2,1H3,(H2,21,22). The third kappa shape index (κ3) is 6.57. The second kappa shape index (κ2) is 8.97. The number of rotatable bonds is 8. The van der Waals surface area contributed by atoms with Crippen LogP contribution in [0, 0.1) is 0 Å². The first-order valence-electron chi connectivity index (χ1n) is 7.75. The number of nitrogens with zero attached hydrogens (tertiary/aromatic N) is 2. The molecule has 0 radical (unpaired) electrons. The molecule has 1 amide bonds. The van der Waals surface area contributed by atoms with Crippen LogP contribution in [0.2, 0.25) is 0 Å². The molecule has 0 bridgehead atoms. The summed E-state index contributed by atoms with van der Waals surface area (Å²) in [7, 11) is 1.51. The Hall–Kier alpha value is -3.17. The van der Waals surface area contributed by atoms with E-state index in [0.717, 1.165) is 0 Å². The molecule has 1 aromatic carbocycles. The largest absolute Gasteiger partial charge is 0.497 e. The number of ether oxygens (including phenoxy) is 1. The van der Waals surface area contributed by atoms with Gasteiger partial charge in [-0.2, -0.15) is 13.2 Å². The van der Waals surface area contributed by atoms with Crippen LogP contribution in [0.1, 0.15) is 11.3 Å². The zero-order chi connectivity index (χ0) is 19.9. The number of nitrogens with two attached hydrogens (primary N) is 1. The van der Waals surface area contributed by atoms with Gasteiger partial charge >= 0.3 is 6.18 Å². The van der Waals surface area contributed by atoms with E-state index in [-0.39, 0.29) is 18.1 Å². The van der Waals surface area contributed by atoms with Gasteiger partial charge in [0.05, 0.1) is 19.9 Å². The summed E-state index contributed by atoms with van der Waals surface area (Å²) in [5.41, 5.74) is 6.23. The summed E-state index contributed by atoms with van der Waals surface area (Å²) in [5.74, 6) is -0.105. The van der Waals surface area contributed by atoms with E-state index in [1.807, 2.05) is 0 Å². The maximum atomic E-state index is 12.7. The third-order valence-electron chi connectivity index (χ3n) is 3.39. The quantitative estimate of drug-likeness (QED) is 0.428. The Balaban J connectivity index is 1.96. The number of methoxy groups -OCH3 is 1. The maximum absolute atomic E-state index is 12.7. The molecule has 0 saturated heterocycles. The van der Waals surface area contributed by atoms with Crippen molar-refractivity contribution in [2.45, 2.75) is 12.7 Å². The summed E-state index contributed by atoms with van der Waals surface area (Å²) in [6, 6.07) is 9.53. The fraction of sp³-hybridized carbons (Fsp3) is 0.294. The molecule has 1 aromatic heterocycles. The van der Waals surface area contributed by atoms with Gasteiger partial charge in [0.1, 0.15) is 18.1 Å². The molecule has 2 aromatic rings. The van der Waals surface area contributed by atoms with E-state index in [0.29, 0.717) is 16.2 Å². The average Bonchev–Trinajstić information content (AvgIpc) is 3.13. The van der Waals surface area contributed by atoms with Crippen molar-refractivity contribution in [2.75, 3.05) is 20.3 Å². The zero-order valence-corrected chi connectivity index (χ0v) is 14.4. The Labute approximate surface area is 153 Å². The van der Waals surface area contributed by atoms with Crippen LogP contribution < -0.4 is 10.5 Å². The molecule has 0 aliphatic heterocycles. The lowest BCUT2D eigenvalue weighted by Gasteiger charge is -2.22. The molecule has 0 saturated carbocycles. The normalized spacial score (nSPS) is 11.9. The van der Waals surface area contributed by atoms with Crippen LogP contribution in [0.15, 0.2) is 52.2 Å². The molecule has 0 aliphatic carbocycles. The summed E-state index contributed by atoms with van der Waals surface area (Å²) in [4.78, 5) is 17.5. The van der Waals surface area contributed by atoms with Gasteiger partial charge in [0.25, 0.3) is 5.91 Å². The molecule has 0 spiro atoms. The Morgan fingerprint density at radius 1 is 1.26 bits per heavy atom. The van der Waals surface area contributed by atoms with Crippen molar-refractivity contribution in [2.24, 2.45) is 10.9 Å². The molecule has 2 N–H and O–H groups in total. The monoisotopic (exact) mass is 385 g/mol. The third-order valence-corrected chi connectivity index (χ3v) is 3.39. The lowest BCUT2D eigenvalue weighted by atomic mass is 10.2. The number of oxime groups is 1. The van der Waals surface area contributed by atoms with E-state index in [1.54, 1.807) is 24.3 Å². The summed E-state index contributed by atoms with van der Waals surface area (Å²) in [6.45, 7) is -2.48. The molecule has 1 heterocycles. The van der Waals surface area contributed by atoms with Crippen LogP contribution in [0.5, 0.6) is 5.75 Å². The van der Waals surface area contributed by atoms with Gasteiger partial charge in [0.2, 0.25) is 0 Å². The van der Waals surface area contributed by atoms with Crippen molar-refractivity contribution >= 4 is 11.7 Å². The fourth-order valence-corrected chi connectivity index (χ4v) is 2.10. The van der Waals surface area contributed by atoms with Crippen LogP contribution >= 0.6 is 0 Å². The Kier molecular flexibility index (Phi) is 6.69.